The lowest BCUT2D eigenvalue weighted by atomic mass is 9.98. The molecule has 2 nitrogen and oxygen atoms in total. The number of hydrogen-bond acceptors (Lipinski definition) is 2. The smallest absolute Gasteiger partial charge is 0.200 e. The third-order valence-electron chi connectivity index (χ3n) is 3.52. The Morgan fingerprint density at radius 2 is 1.33 bits per heavy atom. The molecule has 0 amide bonds. The van der Waals surface area contributed by atoms with Gasteiger partial charge in [0.15, 0.2) is 23.3 Å². The molecule has 0 aromatic heterocycles. The zero-order valence-electron chi connectivity index (χ0n) is 11.3. The topological polar surface area (TPSA) is 21.3 Å². The van der Waals surface area contributed by atoms with Crippen LogP contribution in [0.5, 0.6) is 0 Å². The van der Waals surface area contributed by atoms with Gasteiger partial charge in [0.05, 0.1) is 12.7 Å². The van der Waals surface area contributed by atoms with Crippen LogP contribution in [0.3, 0.4) is 0 Å². The van der Waals surface area contributed by atoms with Gasteiger partial charge in [-0.15, -0.1) is 0 Å². The Kier molecular flexibility index (Phi) is 5.39. The molecule has 0 aliphatic heterocycles. The number of halogens is 5. The average Bonchev–Trinajstić information content (AvgIpc) is 2.51. The van der Waals surface area contributed by atoms with Crippen LogP contribution in [0.4, 0.5) is 27.6 Å². The molecule has 1 aromatic carbocycles. The molecule has 1 fully saturated rings. The fraction of sp³-hybridized carbons (Fsp3) is 0.571. The molecule has 21 heavy (non-hydrogen) atoms. The normalized spacial score (nSPS) is 16.2. The minimum Gasteiger partial charge on any atom is -0.378 e. The Morgan fingerprint density at radius 1 is 0.810 bits per heavy atom. The number of ether oxygens (including phenoxy) is 1. The molecule has 0 radical (unpaired) electrons. The van der Waals surface area contributed by atoms with Crippen LogP contribution in [0.15, 0.2) is 0 Å². The second-order valence-corrected chi connectivity index (χ2v) is 5.00. The first-order chi connectivity index (χ1) is 10.0. The summed E-state index contributed by atoms with van der Waals surface area (Å²) in [5.41, 5.74) is -1.02. The molecular weight excluding hydrogens is 293 g/mol. The molecular formula is C14H16F5NO. The standard InChI is InChI=1S/C14H16F5NO/c15-9-10(16)12(18)14(13(19)11(9)17)20-6-7-21-8-4-2-1-3-5-8/h8,20H,1-7H2. The van der Waals surface area contributed by atoms with Crippen molar-refractivity contribution in [3.05, 3.63) is 29.1 Å². The first-order valence-electron chi connectivity index (χ1n) is 6.89. The summed E-state index contributed by atoms with van der Waals surface area (Å²) in [5.74, 6) is -9.78. The minimum atomic E-state index is -2.16. The van der Waals surface area contributed by atoms with Crippen molar-refractivity contribution in [3.8, 4) is 0 Å². The molecule has 118 valence electrons. The van der Waals surface area contributed by atoms with Crippen molar-refractivity contribution >= 4 is 5.69 Å². The van der Waals surface area contributed by atoms with Crippen LogP contribution < -0.4 is 5.32 Å². The largest absolute Gasteiger partial charge is 0.378 e. The monoisotopic (exact) mass is 309 g/mol. The van der Waals surface area contributed by atoms with Gasteiger partial charge in [-0.1, -0.05) is 19.3 Å². The quantitative estimate of drug-likeness (QED) is 0.382. The summed E-state index contributed by atoms with van der Waals surface area (Å²) in [6, 6.07) is 0. The molecule has 1 saturated carbocycles. The lowest BCUT2D eigenvalue weighted by molar-refractivity contribution is 0.0347. The van der Waals surface area contributed by atoms with Crippen LogP contribution in [-0.4, -0.2) is 19.3 Å². The van der Waals surface area contributed by atoms with Crippen LogP contribution in [0, 0.1) is 29.1 Å². The van der Waals surface area contributed by atoms with Gasteiger partial charge in [0, 0.05) is 6.54 Å². The number of anilines is 1. The van der Waals surface area contributed by atoms with Crippen molar-refractivity contribution in [3.63, 3.8) is 0 Å². The van der Waals surface area contributed by atoms with Gasteiger partial charge >= 0.3 is 0 Å². The Balaban J connectivity index is 1.91. The highest BCUT2D eigenvalue weighted by atomic mass is 19.2. The van der Waals surface area contributed by atoms with Gasteiger partial charge in [-0.05, 0) is 12.8 Å². The summed E-state index contributed by atoms with van der Waals surface area (Å²) >= 11 is 0. The van der Waals surface area contributed by atoms with Crippen LogP contribution in [-0.2, 0) is 4.74 Å². The highest BCUT2D eigenvalue weighted by molar-refractivity contribution is 5.47. The van der Waals surface area contributed by atoms with E-state index in [4.69, 9.17) is 4.74 Å². The van der Waals surface area contributed by atoms with E-state index >= 15 is 0 Å². The van der Waals surface area contributed by atoms with Crippen molar-refractivity contribution in [2.45, 2.75) is 38.2 Å². The van der Waals surface area contributed by atoms with Crippen molar-refractivity contribution < 1.29 is 26.7 Å². The van der Waals surface area contributed by atoms with Gasteiger partial charge < -0.3 is 10.1 Å². The van der Waals surface area contributed by atoms with E-state index < -0.39 is 34.8 Å². The fourth-order valence-electron chi connectivity index (χ4n) is 2.39. The van der Waals surface area contributed by atoms with E-state index in [1.807, 2.05) is 0 Å². The molecule has 0 heterocycles. The van der Waals surface area contributed by atoms with Gasteiger partial charge in [0.1, 0.15) is 5.69 Å². The predicted molar refractivity (Wildman–Crippen MR) is 67.5 cm³/mol. The number of hydrogen-bond donors (Lipinski definition) is 1. The first-order valence-corrected chi connectivity index (χ1v) is 6.89. The van der Waals surface area contributed by atoms with Crippen LogP contribution in [0.1, 0.15) is 32.1 Å². The van der Waals surface area contributed by atoms with E-state index in [1.165, 1.54) is 6.42 Å². The lowest BCUT2D eigenvalue weighted by Crippen LogP contribution is -2.21. The lowest BCUT2D eigenvalue weighted by Gasteiger charge is -2.22. The van der Waals surface area contributed by atoms with Gasteiger partial charge in [-0.2, -0.15) is 0 Å². The van der Waals surface area contributed by atoms with Crippen LogP contribution in [0.25, 0.3) is 0 Å². The first kappa shape index (κ1) is 16.0. The van der Waals surface area contributed by atoms with Gasteiger partial charge in [0.25, 0.3) is 0 Å². The number of nitrogens with one attached hydrogen (secondary N) is 1. The zero-order valence-corrected chi connectivity index (χ0v) is 11.3. The molecule has 0 bridgehead atoms. The summed E-state index contributed by atoms with van der Waals surface area (Å²) in [4.78, 5) is 0. The fourth-order valence-corrected chi connectivity index (χ4v) is 2.39. The van der Waals surface area contributed by atoms with Crippen molar-refractivity contribution in [2.75, 3.05) is 18.5 Å². The van der Waals surface area contributed by atoms with Crippen LogP contribution in [0.2, 0.25) is 0 Å². The van der Waals surface area contributed by atoms with Crippen molar-refractivity contribution in [2.24, 2.45) is 0 Å². The molecule has 2 rings (SSSR count). The van der Waals surface area contributed by atoms with Crippen molar-refractivity contribution in [1.82, 2.24) is 0 Å². The second-order valence-electron chi connectivity index (χ2n) is 5.00. The number of benzene rings is 1. The molecule has 0 saturated heterocycles. The van der Waals surface area contributed by atoms with Gasteiger partial charge in [-0.25, -0.2) is 22.0 Å². The Bertz CT molecular complexity index is 474. The second kappa shape index (κ2) is 7.06. The van der Waals surface area contributed by atoms with Crippen molar-refractivity contribution in [1.29, 1.82) is 0 Å². The molecule has 1 aliphatic carbocycles. The van der Waals surface area contributed by atoms with E-state index in [0.717, 1.165) is 25.7 Å². The Labute approximate surface area is 119 Å². The van der Waals surface area contributed by atoms with E-state index in [9.17, 15) is 22.0 Å². The summed E-state index contributed by atoms with van der Waals surface area (Å²) in [7, 11) is 0. The van der Waals surface area contributed by atoms with E-state index in [0.29, 0.717) is 0 Å². The predicted octanol–water partition coefficient (Wildman–Crippen LogP) is 4.14. The van der Waals surface area contributed by atoms with E-state index in [2.05, 4.69) is 5.32 Å². The number of rotatable bonds is 5. The third kappa shape index (κ3) is 3.64. The molecule has 0 unspecified atom stereocenters. The molecule has 1 N–H and O–H groups in total. The molecule has 0 atom stereocenters. The molecule has 0 spiro atoms. The van der Waals surface area contributed by atoms with Gasteiger partial charge in [-0.3, -0.25) is 0 Å². The summed E-state index contributed by atoms with van der Waals surface area (Å²) in [6.45, 7) is 0.110. The summed E-state index contributed by atoms with van der Waals surface area (Å²) in [5, 5.41) is 2.21. The van der Waals surface area contributed by atoms with E-state index in [1.54, 1.807) is 0 Å². The molecule has 1 aromatic rings. The zero-order chi connectivity index (χ0) is 15.4. The average molecular weight is 309 g/mol. The minimum absolute atomic E-state index is 0.0329. The maximum absolute atomic E-state index is 13.4. The Hall–Kier alpha value is -1.37. The van der Waals surface area contributed by atoms with Gasteiger partial charge in [0.2, 0.25) is 5.82 Å². The third-order valence-corrected chi connectivity index (χ3v) is 3.52. The maximum Gasteiger partial charge on any atom is 0.200 e. The molecule has 1 aliphatic rings. The van der Waals surface area contributed by atoms with Crippen LogP contribution >= 0.6 is 0 Å². The highest BCUT2D eigenvalue weighted by Gasteiger charge is 2.25. The SMILES string of the molecule is Fc1c(F)c(F)c(NCCOC2CCCCC2)c(F)c1F. The molecule has 7 heteroatoms. The summed E-state index contributed by atoms with van der Waals surface area (Å²) in [6.07, 6.45) is 5.30. The Morgan fingerprint density at radius 3 is 1.90 bits per heavy atom. The maximum atomic E-state index is 13.4. The summed E-state index contributed by atoms with van der Waals surface area (Å²) < 4.78 is 71.0. The highest BCUT2D eigenvalue weighted by Crippen LogP contribution is 2.27. The van der Waals surface area contributed by atoms with E-state index in [-0.39, 0.29) is 19.3 Å².